The van der Waals surface area contributed by atoms with E-state index >= 15 is 0 Å². The van der Waals surface area contributed by atoms with Gasteiger partial charge >= 0.3 is 0 Å². The van der Waals surface area contributed by atoms with Crippen LogP contribution < -0.4 is 0 Å². The molecular weight excluding hydrogens is 140 g/mol. The summed E-state index contributed by atoms with van der Waals surface area (Å²) in [5, 5.41) is 11.3. The normalized spacial score (nSPS) is 30.3. The maximum atomic E-state index is 11.3. The highest BCUT2D eigenvalue weighted by Gasteiger charge is 2.39. The fourth-order valence-corrected chi connectivity index (χ4v) is 2.00. The molecule has 0 amide bonds. The van der Waals surface area contributed by atoms with Crippen molar-refractivity contribution in [3.8, 4) is 0 Å². The lowest BCUT2D eigenvalue weighted by molar-refractivity contribution is -0.196. The van der Waals surface area contributed by atoms with Crippen LogP contribution in [0.5, 0.6) is 0 Å². The van der Waals surface area contributed by atoms with E-state index in [-0.39, 0.29) is 11.2 Å². The van der Waals surface area contributed by atoms with E-state index in [0.717, 1.165) is 0 Å². The zero-order chi connectivity index (χ0) is 8.70. The van der Waals surface area contributed by atoms with Crippen LogP contribution in [-0.2, 0) is 9.84 Å². The zero-order valence-corrected chi connectivity index (χ0v) is 7.81. The molecule has 1 heterocycles. The Bertz CT molecular complexity index is 134. The second-order valence-electron chi connectivity index (χ2n) is 4.65. The minimum Gasteiger partial charge on any atom is -0.369 e. The van der Waals surface area contributed by atoms with Gasteiger partial charge < -0.3 is 4.74 Å². The van der Waals surface area contributed by atoms with E-state index in [1.54, 1.807) is 0 Å². The molecule has 0 bridgehead atoms. The van der Waals surface area contributed by atoms with Crippen molar-refractivity contribution < 1.29 is 9.84 Å². The largest absolute Gasteiger partial charge is 0.369 e. The molecule has 0 aliphatic carbocycles. The van der Waals surface area contributed by atoms with Gasteiger partial charge in [0.25, 0.3) is 0 Å². The summed E-state index contributed by atoms with van der Waals surface area (Å²) >= 11 is 0. The Labute approximate surface area is 68.6 Å². The molecule has 1 fully saturated rings. The molecule has 0 N–H and O–H groups in total. The first kappa shape index (κ1) is 9.01. The Morgan fingerprint density at radius 1 is 1.09 bits per heavy atom. The van der Waals surface area contributed by atoms with Crippen LogP contribution in [0.15, 0.2) is 0 Å². The maximum Gasteiger partial charge on any atom is 0.0984 e. The van der Waals surface area contributed by atoms with Crippen molar-refractivity contribution in [2.24, 2.45) is 0 Å². The van der Waals surface area contributed by atoms with Crippen LogP contribution in [0, 0.1) is 0 Å². The highest BCUT2D eigenvalue weighted by atomic mass is 16.5. The summed E-state index contributed by atoms with van der Waals surface area (Å²) in [4.78, 5) is 0. The van der Waals surface area contributed by atoms with Crippen molar-refractivity contribution in [1.29, 1.82) is 0 Å². The third-order valence-corrected chi connectivity index (χ3v) is 1.99. The van der Waals surface area contributed by atoms with E-state index in [0.29, 0.717) is 12.8 Å². The van der Waals surface area contributed by atoms with Crippen molar-refractivity contribution in [2.45, 2.75) is 57.8 Å². The van der Waals surface area contributed by atoms with E-state index in [4.69, 9.17) is 4.74 Å². The Morgan fingerprint density at radius 2 is 1.45 bits per heavy atom. The van der Waals surface area contributed by atoms with Crippen molar-refractivity contribution in [2.75, 3.05) is 0 Å². The lowest BCUT2D eigenvalue weighted by Crippen LogP contribution is -2.46. The van der Waals surface area contributed by atoms with E-state index < -0.39 is 6.10 Å². The molecule has 1 aliphatic heterocycles. The first-order valence-electron chi connectivity index (χ1n) is 4.17. The van der Waals surface area contributed by atoms with Gasteiger partial charge in [-0.3, -0.25) is 0 Å². The van der Waals surface area contributed by atoms with Crippen LogP contribution in [0.3, 0.4) is 0 Å². The molecule has 2 nitrogen and oxygen atoms in total. The average molecular weight is 157 g/mol. The molecule has 11 heavy (non-hydrogen) atoms. The van der Waals surface area contributed by atoms with Crippen LogP contribution in [0.4, 0.5) is 0 Å². The fraction of sp³-hybridized carbons (Fsp3) is 1.00. The van der Waals surface area contributed by atoms with E-state index in [2.05, 4.69) is 0 Å². The molecule has 0 atom stereocenters. The topological polar surface area (TPSA) is 29.1 Å². The quantitative estimate of drug-likeness (QED) is 0.529. The summed E-state index contributed by atoms with van der Waals surface area (Å²) in [5.74, 6) is 0. The maximum absolute atomic E-state index is 11.3. The lowest BCUT2D eigenvalue weighted by Gasteiger charge is -2.42. The molecule has 0 aromatic heterocycles. The van der Waals surface area contributed by atoms with Gasteiger partial charge in [-0.2, -0.15) is 0 Å². The Kier molecular flexibility index (Phi) is 2.01. The first-order valence-corrected chi connectivity index (χ1v) is 4.17. The third-order valence-electron chi connectivity index (χ3n) is 1.99. The smallest absolute Gasteiger partial charge is 0.0984 e. The molecule has 65 valence electrons. The van der Waals surface area contributed by atoms with E-state index in [1.807, 2.05) is 27.7 Å². The Balaban J connectivity index is 2.66. The van der Waals surface area contributed by atoms with E-state index in [1.165, 1.54) is 0 Å². The van der Waals surface area contributed by atoms with Gasteiger partial charge in [-0.05, 0) is 27.7 Å². The standard InChI is InChI=1S/C9H17O2/c1-8(2)5-7(10)6-9(3,4)11-8/h7H,5-6H2,1-4H3. The Hall–Kier alpha value is -0.0800. The monoisotopic (exact) mass is 157 g/mol. The second-order valence-corrected chi connectivity index (χ2v) is 4.65. The zero-order valence-electron chi connectivity index (χ0n) is 7.81. The molecule has 1 saturated heterocycles. The highest BCUT2D eigenvalue weighted by Crippen LogP contribution is 2.34. The van der Waals surface area contributed by atoms with Gasteiger partial charge in [0.1, 0.15) is 0 Å². The van der Waals surface area contributed by atoms with Crippen LogP contribution in [0.1, 0.15) is 40.5 Å². The van der Waals surface area contributed by atoms with E-state index in [9.17, 15) is 5.11 Å². The summed E-state index contributed by atoms with van der Waals surface area (Å²) in [7, 11) is 0. The van der Waals surface area contributed by atoms with Gasteiger partial charge in [-0.1, -0.05) is 0 Å². The van der Waals surface area contributed by atoms with Crippen LogP contribution >= 0.6 is 0 Å². The number of ether oxygens (including phenoxy) is 1. The van der Waals surface area contributed by atoms with Crippen molar-refractivity contribution in [1.82, 2.24) is 0 Å². The summed E-state index contributed by atoms with van der Waals surface area (Å²) in [5.41, 5.74) is -0.456. The minimum atomic E-state index is -0.450. The summed E-state index contributed by atoms with van der Waals surface area (Å²) < 4.78 is 5.73. The third kappa shape index (κ3) is 2.46. The SMILES string of the molecule is CC1(C)CC([O])CC(C)(C)O1. The first-order chi connectivity index (χ1) is 4.81. The van der Waals surface area contributed by atoms with Crippen LogP contribution in [-0.4, -0.2) is 17.3 Å². The molecule has 2 heteroatoms. The second kappa shape index (κ2) is 2.46. The molecule has 1 radical (unpaired) electrons. The van der Waals surface area contributed by atoms with Crippen LogP contribution in [0.25, 0.3) is 0 Å². The van der Waals surface area contributed by atoms with Gasteiger partial charge in [0.05, 0.1) is 17.3 Å². The van der Waals surface area contributed by atoms with Gasteiger partial charge in [0.15, 0.2) is 0 Å². The number of hydrogen-bond donors (Lipinski definition) is 0. The highest BCUT2D eigenvalue weighted by molar-refractivity contribution is 4.87. The number of rotatable bonds is 0. The fourth-order valence-electron chi connectivity index (χ4n) is 2.00. The summed E-state index contributed by atoms with van der Waals surface area (Å²) in [6.07, 6.45) is 0.820. The summed E-state index contributed by atoms with van der Waals surface area (Å²) in [6.45, 7) is 7.94. The van der Waals surface area contributed by atoms with Gasteiger partial charge in [-0.25, -0.2) is 5.11 Å². The van der Waals surface area contributed by atoms with Crippen molar-refractivity contribution in [3.05, 3.63) is 0 Å². The molecule has 1 aliphatic rings. The van der Waals surface area contributed by atoms with Gasteiger partial charge in [0.2, 0.25) is 0 Å². The van der Waals surface area contributed by atoms with Crippen LogP contribution in [0.2, 0.25) is 0 Å². The molecular formula is C9H17O2. The van der Waals surface area contributed by atoms with Gasteiger partial charge in [-0.15, -0.1) is 0 Å². The molecule has 0 saturated carbocycles. The predicted octanol–water partition coefficient (Wildman–Crippen LogP) is 2.15. The molecule has 0 unspecified atom stereocenters. The molecule has 0 aromatic rings. The predicted molar refractivity (Wildman–Crippen MR) is 43.0 cm³/mol. The van der Waals surface area contributed by atoms with Crippen molar-refractivity contribution >= 4 is 0 Å². The summed E-state index contributed by atoms with van der Waals surface area (Å²) in [6, 6.07) is 0. The Morgan fingerprint density at radius 3 is 1.73 bits per heavy atom. The molecule has 1 rings (SSSR count). The van der Waals surface area contributed by atoms with Gasteiger partial charge in [0, 0.05) is 12.8 Å². The number of hydrogen-bond acceptors (Lipinski definition) is 1. The average Bonchev–Trinajstić information content (AvgIpc) is 1.49. The van der Waals surface area contributed by atoms with Crippen molar-refractivity contribution in [3.63, 3.8) is 0 Å². The minimum absolute atomic E-state index is 0.228. The molecule has 0 aromatic carbocycles. The molecule has 0 spiro atoms. The lowest BCUT2D eigenvalue weighted by atomic mass is 9.87.